The number of nitrogens with one attached hydrogen (secondary N) is 1. The molecule has 8 heteroatoms. The van der Waals surface area contributed by atoms with Gasteiger partial charge in [0.1, 0.15) is 10.6 Å². The molecule has 0 spiro atoms. The number of primary sulfonamides is 1. The molecule has 3 N–H and O–H groups in total. The molecule has 0 saturated heterocycles. The van der Waals surface area contributed by atoms with Gasteiger partial charge in [0.15, 0.2) is 5.76 Å². The van der Waals surface area contributed by atoms with Crippen molar-refractivity contribution in [2.24, 2.45) is 5.14 Å². The van der Waals surface area contributed by atoms with Crippen molar-refractivity contribution in [3.05, 3.63) is 41.9 Å². The summed E-state index contributed by atoms with van der Waals surface area (Å²) in [5.74, 6) is -0.226. The summed E-state index contributed by atoms with van der Waals surface area (Å²) in [7, 11) is -2.64. The van der Waals surface area contributed by atoms with E-state index in [1.54, 1.807) is 13.0 Å². The molecule has 0 saturated carbocycles. The SMILES string of the molecule is COc1ccc(NC(=O)c2occc2C)cc1S(N)(=O)=O. The third kappa shape index (κ3) is 3.23. The molecule has 0 aliphatic carbocycles. The Hall–Kier alpha value is -2.32. The molecule has 0 unspecified atom stereocenters. The van der Waals surface area contributed by atoms with E-state index in [-0.39, 0.29) is 22.1 Å². The maximum absolute atomic E-state index is 12.0. The number of methoxy groups -OCH3 is 1. The highest BCUT2D eigenvalue weighted by Gasteiger charge is 2.18. The largest absolute Gasteiger partial charge is 0.495 e. The standard InChI is InChI=1S/C13H14N2O5S/c1-8-5-6-20-12(8)13(16)15-9-3-4-10(19-2)11(7-9)21(14,17)18/h3-7H,1-2H3,(H,15,16)(H2,14,17,18). The Morgan fingerprint density at radius 3 is 2.57 bits per heavy atom. The first kappa shape index (κ1) is 15.1. The van der Waals surface area contributed by atoms with Crippen LogP contribution >= 0.6 is 0 Å². The van der Waals surface area contributed by atoms with Crippen molar-refractivity contribution in [2.45, 2.75) is 11.8 Å². The molecule has 0 aliphatic heterocycles. The van der Waals surface area contributed by atoms with Crippen LogP contribution in [-0.2, 0) is 10.0 Å². The van der Waals surface area contributed by atoms with E-state index in [0.29, 0.717) is 5.56 Å². The minimum Gasteiger partial charge on any atom is -0.495 e. The Labute approximate surface area is 121 Å². The number of benzene rings is 1. The van der Waals surface area contributed by atoms with Gasteiger partial charge in [-0.25, -0.2) is 13.6 Å². The normalized spacial score (nSPS) is 11.2. The highest BCUT2D eigenvalue weighted by molar-refractivity contribution is 7.89. The molecular formula is C13H14N2O5S. The van der Waals surface area contributed by atoms with E-state index in [0.717, 1.165) is 0 Å². The van der Waals surface area contributed by atoms with Crippen LogP contribution in [0.4, 0.5) is 5.69 Å². The summed E-state index contributed by atoms with van der Waals surface area (Å²) in [5.41, 5.74) is 0.938. The van der Waals surface area contributed by atoms with E-state index < -0.39 is 15.9 Å². The number of anilines is 1. The highest BCUT2D eigenvalue weighted by Crippen LogP contribution is 2.26. The van der Waals surface area contributed by atoms with Gasteiger partial charge in [-0.15, -0.1) is 0 Å². The monoisotopic (exact) mass is 310 g/mol. The fourth-order valence-corrected chi connectivity index (χ4v) is 2.49. The first-order chi connectivity index (χ1) is 9.82. The quantitative estimate of drug-likeness (QED) is 0.888. The Balaban J connectivity index is 2.34. The number of amides is 1. The van der Waals surface area contributed by atoms with E-state index >= 15 is 0 Å². The van der Waals surface area contributed by atoms with Crippen LogP contribution in [0.5, 0.6) is 5.75 Å². The number of ether oxygens (including phenoxy) is 1. The van der Waals surface area contributed by atoms with Gasteiger partial charge in [-0.1, -0.05) is 0 Å². The van der Waals surface area contributed by atoms with Gasteiger partial charge in [0, 0.05) is 11.3 Å². The zero-order valence-electron chi connectivity index (χ0n) is 11.4. The molecule has 0 aliphatic rings. The maximum Gasteiger partial charge on any atom is 0.291 e. The summed E-state index contributed by atoms with van der Waals surface area (Å²) >= 11 is 0. The number of rotatable bonds is 4. The molecule has 1 aromatic heterocycles. The van der Waals surface area contributed by atoms with Gasteiger partial charge in [0.2, 0.25) is 10.0 Å². The van der Waals surface area contributed by atoms with Crippen molar-refractivity contribution in [3.8, 4) is 5.75 Å². The Kier molecular flexibility index (Phi) is 4.01. The van der Waals surface area contributed by atoms with Gasteiger partial charge >= 0.3 is 0 Å². The van der Waals surface area contributed by atoms with Crippen LogP contribution in [0.3, 0.4) is 0 Å². The summed E-state index contributed by atoms with van der Waals surface area (Å²) in [6, 6.07) is 5.79. The fraction of sp³-hybridized carbons (Fsp3) is 0.154. The fourth-order valence-electron chi connectivity index (χ4n) is 1.77. The molecule has 1 amide bonds. The summed E-state index contributed by atoms with van der Waals surface area (Å²) in [4.78, 5) is 11.8. The van der Waals surface area contributed by atoms with E-state index in [1.165, 1.54) is 31.6 Å². The molecule has 7 nitrogen and oxygen atoms in total. The number of nitrogens with two attached hydrogens (primary N) is 1. The molecule has 2 rings (SSSR count). The van der Waals surface area contributed by atoms with Crippen LogP contribution in [0.1, 0.15) is 16.1 Å². The zero-order chi connectivity index (χ0) is 15.6. The smallest absolute Gasteiger partial charge is 0.291 e. The molecule has 112 valence electrons. The van der Waals surface area contributed by atoms with Crippen LogP contribution in [0, 0.1) is 6.92 Å². The number of carbonyl (C=O) groups excluding carboxylic acids is 1. The number of aryl methyl sites for hydroxylation is 1. The second kappa shape index (κ2) is 5.58. The number of sulfonamides is 1. The molecule has 0 atom stereocenters. The molecule has 0 fully saturated rings. The summed E-state index contributed by atoms with van der Waals surface area (Å²) in [6.45, 7) is 1.72. The van der Waals surface area contributed by atoms with Crippen LogP contribution in [0.15, 0.2) is 39.8 Å². The highest BCUT2D eigenvalue weighted by atomic mass is 32.2. The van der Waals surface area contributed by atoms with Gasteiger partial charge in [0.25, 0.3) is 5.91 Å². The molecule has 2 aromatic rings. The first-order valence-corrected chi connectivity index (χ1v) is 7.44. The molecule has 0 radical (unpaired) electrons. The van der Waals surface area contributed by atoms with E-state index in [4.69, 9.17) is 14.3 Å². The lowest BCUT2D eigenvalue weighted by molar-refractivity contribution is 0.0996. The Morgan fingerprint density at radius 1 is 1.33 bits per heavy atom. The van der Waals surface area contributed by atoms with Crippen molar-refractivity contribution in [1.29, 1.82) is 0 Å². The summed E-state index contributed by atoms with van der Waals surface area (Å²) in [6.07, 6.45) is 1.40. The third-order valence-electron chi connectivity index (χ3n) is 2.80. The minimum absolute atomic E-state index is 0.102. The second-order valence-electron chi connectivity index (χ2n) is 4.30. The Morgan fingerprint density at radius 2 is 2.05 bits per heavy atom. The van der Waals surface area contributed by atoms with Crippen LogP contribution in [0.2, 0.25) is 0 Å². The topological polar surface area (TPSA) is 112 Å². The third-order valence-corrected chi connectivity index (χ3v) is 3.73. The number of hydrogen-bond acceptors (Lipinski definition) is 5. The molecule has 1 heterocycles. The summed E-state index contributed by atoms with van der Waals surface area (Å²) < 4.78 is 33.0. The number of furan rings is 1. The van der Waals surface area contributed by atoms with Crippen LogP contribution in [-0.4, -0.2) is 21.4 Å². The average molecular weight is 310 g/mol. The van der Waals surface area contributed by atoms with Crippen LogP contribution < -0.4 is 15.2 Å². The van der Waals surface area contributed by atoms with Gasteiger partial charge in [-0.2, -0.15) is 0 Å². The van der Waals surface area contributed by atoms with E-state index in [2.05, 4.69) is 5.32 Å². The molecule has 0 bridgehead atoms. The van der Waals surface area contributed by atoms with Crippen molar-refractivity contribution in [1.82, 2.24) is 0 Å². The van der Waals surface area contributed by atoms with E-state index in [1.807, 2.05) is 0 Å². The van der Waals surface area contributed by atoms with Crippen molar-refractivity contribution < 1.29 is 22.4 Å². The van der Waals surface area contributed by atoms with Gasteiger partial charge in [-0.05, 0) is 31.2 Å². The van der Waals surface area contributed by atoms with Crippen molar-refractivity contribution in [3.63, 3.8) is 0 Å². The second-order valence-corrected chi connectivity index (χ2v) is 5.83. The van der Waals surface area contributed by atoms with Crippen LogP contribution in [0.25, 0.3) is 0 Å². The lowest BCUT2D eigenvalue weighted by atomic mass is 10.2. The average Bonchev–Trinajstić information content (AvgIpc) is 2.84. The van der Waals surface area contributed by atoms with Gasteiger partial charge < -0.3 is 14.5 Å². The minimum atomic E-state index is -3.97. The predicted molar refractivity (Wildman–Crippen MR) is 75.8 cm³/mol. The molecule has 1 aromatic carbocycles. The number of hydrogen-bond donors (Lipinski definition) is 2. The van der Waals surface area contributed by atoms with Crippen molar-refractivity contribution in [2.75, 3.05) is 12.4 Å². The summed E-state index contributed by atoms with van der Waals surface area (Å²) in [5, 5.41) is 7.65. The predicted octanol–water partition coefficient (Wildman–Crippen LogP) is 1.50. The van der Waals surface area contributed by atoms with E-state index in [9.17, 15) is 13.2 Å². The lowest BCUT2D eigenvalue weighted by Gasteiger charge is -2.09. The van der Waals surface area contributed by atoms with Gasteiger partial charge in [-0.3, -0.25) is 4.79 Å². The Bertz CT molecular complexity index is 780. The zero-order valence-corrected chi connectivity index (χ0v) is 12.2. The van der Waals surface area contributed by atoms with Crippen molar-refractivity contribution >= 4 is 21.6 Å². The molecular weight excluding hydrogens is 296 g/mol. The molecule has 21 heavy (non-hydrogen) atoms. The van der Waals surface area contributed by atoms with Gasteiger partial charge in [0.05, 0.1) is 13.4 Å². The first-order valence-electron chi connectivity index (χ1n) is 5.89. The lowest BCUT2D eigenvalue weighted by Crippen LogP contribution is -2.16. The number of carbonyl (C=O) groups is 1. The maximum atomic E-state index is 12.0.